The van der Waals surface area contributed by atoms with Crippen molar-refractivity contribution in [1.29, 1.82) is 5.26 Å². The molecule has 1 aliphatic rings. The Bertz CT molecular complexity index is 911. The zero-order valence-electron chi connectivity index (χ0n) is 13.9. The number of pyridine rings is 1. The summed E-state index contributed by atoms with van der Waals surface area (Å²) in [7, 11) is 0. The number of rotatable bonds is 3. The number of nitrogens with zero attached hydrogens (tertiary/aromatic N) is 3. The van der Waals surface area contributed by atoms with Crippen LogP contribution in [0.1, 0.15) is 19.4 Å². The first kappa shape index (κ1) is 16.4. The zero-order chi connectivity index (χ0) is 18.0. The number of carbonyl (C=O) groups excluding carboxylic acids is 2. The van der Waals surface area contributed by atoms with Crippen molar-refractivity contribution in [2.45, 2.75) is 19.9 Å². The van der Waals surface area contributed by atoms with E-state index in [1.54, 1.807) is 35.4 Å². The third-order valence-corrected chi connectivity index (χ3v) is 3.89. The van der Waals surface area contributed by atoms with Crippen molar-refractivity contribution < 1.29 is 9.59 Å². The molecule has 0 atom stereocenters. The maximum absolute atomic E-state index is 12.9. The van der Waals surface area contributed by atoms with Gasteiger partial charge in [-0.05, 0) is 32.0 Å². The zero-order valence-corrected chi connectivity index (χ0v) is 13.9. The Morgan fingerprint density at radius 1 is 1.24 bits per heavy atom. The van der Waals surface area contributed by atoms with Crippen LogP contribution in [0.3, 0.4) is 0 Å². The van der Waals surface area contributed by atoms with Gasteiger partial charge < -0.3 is 10.2 Å². The predicted octanol–water partition coefficient (Wildman–Crippen LogP) is 2.75. The molecule has 0 radical (unpaired) electrons. The first-order valence-corrected chi connectivity index (χ1v) is 7.83. The molecular formula is C19H16N4O2. The van der Waals surface area contributed by atoms with Gasteiger partial charge in [0.15, 0.2) is 0 Å². The molecule has 3 rings (SSSR count). The van der Waals surface area contributed by atoms with Gasteiger partial charge in [0.25, 0.3) is 11.8 Å². The van der Waals surface area contributed by atoms with E-state index < -0.39 is 5.91 Å². The lowest BCUT2D eigenvalue weighted by Gasteiger charge is -2.21. The number of para-hydroxylation sites is 1. The second-order valence-corrected chi connectivity index (χ2v) is 5.84. The Kier molecular flexibility index (Phi) is 4.31. The van der Waals surface area contributed by atoms with Gasteiger partial charge >= 0.3 is 0 Å². The van der Waals surface area contributed by atoms with Crippen LogP contribution in [0.5, 0.6) is 0 Å². The van der Waals surface area contributed by atoms with Crippen molar-refractivity contribution in [3.8, 4) is 6.07 Å². The highest BCUT2D eigenvalue weighted by Crippen LogP contribution is 2.39. The average Bonchev–Trinajstić information content (AvgIpc) is 2.89. The molecule has 6 heteroatoms. The molecule has 2 amide bonds. The lowest BCUT2D eigenvalue weighted by molar-refractivity contribution is -0.115. The number of benzene rings is 1. The smallest absolute Gasteiger partial charge is 0.267 e. The van der Waals surface area contributed by atoms with Gasteiger partial charge in [-0.25, -0.2) is 0 Å². The fourth-order valence-electron chi connectivity index (χ4n) is 2.84. The van der Waals surface area contributed by atoms with Gasteiger partial charge in [0.2, 0.25) is 0 Å². The van der Waals surface area contributed by atoms with Gasteiger partial charge in [-0.1, -0.05) is 18.2 Å². The number of amides is 2. The summed E-state index contributed by atoms with van der Waals surface area (Å²) in [5.74, 6) is -0.964. The van der Waals surface area contributed by atoms with Crippen LogP contribution in [0.15, 0.2) is 54.4 Å². The van der Waals surface area contributed by atoms with E-state index in [0.29, 0.717) is 16.9 Å². The van der Waals surface area contributed by atoms with Crippen LogP contribution >= 0.6 is 0 Å². The summed E-state index contributed by atoms with van der Waals surface area (Å²) < 4.78 is 0. The Morgan fingerprint density at radius 3 is 2.64 bits per heavy atom. The van der Waals surface area contributed by atoms with Gasteiger partial charge in [-0.3, -0.25) is 14.6 Å². The monoisotopic (exact) mass is 332 g/mol. The number of hydrogen-bond acceptors (Lipinski definition) is 4. The minimum Gasteiger partial charge on any atom is -0.320 e. The van der Waals surface area contributed by atoms with Crippen LogP contribution < -0.4 is 10.2 Å². The van der Waals surface area contributed by atoms with Crippen LogP contribution in [0.25, 0.3) is 5.57 Å². The van der Waals surface area contributed by atoms with Gasteiger partial charge in [-0.2, -0.15) is 5.26 Å². The predicted molar refractivity (Wildman–Crippen MR) is 94.5 cm³/mol. The highest BCUT2D eigenvalue weighted by molar-refractivity contribution is 6.37. The number of aromatic nitrogens is 1. The Hall–Kier alpha value is -3.46. The summed E-state index contributed by atoms with van der Waals surface area (Å²) in [5.41, 5.74) is 1.69. The Morgan fingerprint density at radius 2 is 2.00 bits per heavy atom. The van der Waals surface area contributed by atoms with Crippen molar-refractivity contribution in [2.75, 3.05) is 10.2 Å². The Balaban J connectivity index is 2.09. The highest BCUT2D eigenvalue weighted by Gasteiger charge is 2.37. The molecule has 1 aromatic heterocycles. The lowest BCUT2D eigenvalue weighted by atomic mass is 10.0. The molecule has 0 saturated heterocycles. The van der Waals surface area contributed by atoms with E-state index in [1.165, 1.54) is 6.20 Å². The molecule has 2 aromatic rings. The quantitative estimate of drug-likeness (QED) is 0.692. The fourth-order valence-corrected chi connectivity index (χ4v) is 2.84. The first-order valence-electron chi connectivity index (χ1n) is 7.83. The normalized spacial score (nSPS) is 15.0. The van der Waals surface area contributed by atoms with Gasteiger partial charge in [0.05, 0.1) is 23.1 Å². The molecule has 0 bridgehead atoms. The third-order valence-electron chi connectivity index (χ3n) is 3.89. The number of nitrogens with one attached hydrogen (secondary N) is 1. The average molecular weight is 332 g/mol. The summed E-state index contributed by atoms with van der Waals surface area (Å²) >= 11 is 0. The van der Waals surface area contributed by atoms with Crippen molar-refractivity contribution in [3.05, 3.63) is 59.9 Å². The first-order chi connectivity index (χ1) is 12.0. The molecule has 0 aliphatic carbocycles. The Labute approximate surface area is 145 Å². The summed E-state index contributed by atoms with van der Waals surface area (Å²) in [4.78, 5) is 31.0. The molecule has 0 fully saturated rings. The van der Waals surface area contributed by atoms with E-state index in [0.717, 1.165) is 0 Å². The molecule has 25 heavy (non-hydrogen) atoms. The molecule has 0 unspecified atom stereocenters. The van der Waals surface area contributed by atoms with E-state index in [4.69, 9.17) is 0 Å². The lowest BCUT2D eigenvalue weighted by Crippen LogP contribution is -2.33. The van der Waals surface area contributed by atoms with Crippen LogP contribution in [-0.4, -0.2) is 22.8 Å². The fraction of sp³-hybridized carbons (Fsp3) is 0.158. The van der Waals surface area contributed by atoms with Crippen molar-refractivity contribution in [2.24, 2.45) is 0 Å². The highest BCUT2D eigenvalue weighted by atomic mass is 16.2. The maximum Gasteiger partial charge on any atom is 0.267 e. The number of nitriles is 1. The van der Waals surface area contributed by atoms with Crippen molar-refractivity contribution in [1.82, 2.24) is 4.98 Å². The topological polar surface area (TPSA) is 86.1 Å². The molecule has 1 N–H and O–H groups in total. The summed E-state index contributed by atoms with van der Waals surface area (Å²) in [6, 6.07) is 12.3. The molecular weight excluding hydrogens is 316 g/mol. The van der Waals surface area contributed by atoms with Crippen LogP contribution in [-0.2, 0) is 9.59 Å². The van der Waals surface area contributed by atoms with Crippen LogP contribution in [0.4, 0.5) is 11.4 Å². The molecule has 2 heterocycles. The minimum absolute atomic E-state index is 0.0903. The molecule has 1 aromatic carbocycles. The molecule has 6 nitrogen and oxygen atoms in total. The molecule has 1 aliphatic heterocycles. The van der Waals surface area contributed by atoms with E-state index >= 15 is 0 Å². The van der Waals surface area contributed by atoms with Gasteiger partial charge in [-0.15, -0.1) is 0 Å². The maximum atomic E-state index is 12.9. The number of carbonyl (C=O) groups is 2. The standard InChI is InChI=1S/C19H16N4O2/c1-12(2)23-16-8-4-3-7-14(16)17(19(23)25)15(10-20)18(24)22-13-6-5-9-21-11-13/h3-9,11-12H,1-2H3,(H,22,24)/b17-15+. The molecule has 0 spiro atoms. The van der Waals surface area contributed by atoms with Crippen molar-refractivity contribution >= 4 is 28.8 Å². The van der Waals surface area contributed by atoms with Crippen LogP contribution in [0, 0.1) is 11.3 Å². The second-order valence-electron chi connectivity index (χ2n) is 5.84. The van der Waals surface area contributed by atoms with E-state index in [1.807, 2.05) is 32.0 Å². The number of fused-ring (bicyclic) bond motifs is 1. The third kappa shape index (κ3) is 2.88. The summed E-state index contributed by atoms with van der Waals surface area (Å²) in [5, 5.41) is 12.2. The van der Waals surface area contributed by atoms with Crippen molar-refractivity contribution in [3.63, 3.8) is 0 Å². The summed E-state index contributed by atoms with van der Waals surface area (Å²) in [6.45, 7) is 3.78. The van der Waals surface area contributed by atoms with E-state index in [9.17, 15) is 14.9 Å². The minimum atomic E-state index is -0.626. The van der Waals surface area contributed by atoms with Gasteiger partial charge in [0, 0.05) is 17.8 Å². The van der Waals surface area contributed by atoms with E-state index in [-0.39, 0.29) is 23.1 Å². The molecule has 124 valence electrons. The molecule has 0 saturated carbocycles. The SMILES string of the molecule is CC(C)N1C(=O)/C(=C(\C#N)C(=O)Nc2cccnc2)c2ccccc21. The largest absolute Gasteiger partial charge is 0.320 e. The second kappa shape index (κ2) is 6.57. The summed E-state index contributed by atoms with van der Waals surface area (Å²) in [6.07, 6.45) is 3.05. The van der Waals surface area contributed by atoms with Gasteiger partial charge in [0.1, 0.15) is 11.6 Å². The van der Waals surface area contributed by atoms with Crippen LogP contribution in [0.2, 0.25) is 0 Å². The number of hydrogen-bond donors (Lipinski definition) is 1. The van der Waals surface area contributed by atoms with E-state index in [2.05, 4.69) is 10.3 Å². The number of anilines is 2.